The van der Waals surface area contributed by atoms with Crippen molar-refractivity contribution in [3.8, 4) is 0 Å². The molecule has 2 aromatic heterocycles. The van der Waals surface area contributed by atoms with E-state index in [0.29, 0.717) is 5.54 Å². The summed E-state index contributed by atoms with van der Waals surface area (Å²) in [6.45, 7) is 5.63. The van der Waals surface area contributed by atoms with E-state index in [0.717, 1.165) is 42.4 Å². The zero-order chi connectivity index (χ0) is 12.2. The first-order valence-electron chi connectivity index (χ1n) is 6.57. The maximum absolute atomic E-state index is 4.48. The maximum Gasteiger partial charge on any atom is 0.142 e. The number of hydrogen-bond donors (Lipinski definition) is 2. The Balaban J connectivity index is 0.000000735. The minimum absolute atomic E-state index is 0. The van der Waals surface area contributed by atoms with Crippen LogP contribution in [-0.4, -0.2) is 40.1 Å². The molecule has 2 saturated heterocycles. The van der Waals surface area contributed by atoms with Gasteiger partial charge in [-0.25, -0.2) is 9.97 Å². The summed E-state index contributed by atoms with van der Waals surface area (Å²) in [6, 6.07) is 2.06. The van der Waals surface area contributed by atoms with Crippen molar-refractivity contribution in [3.63, 3.8) is 0 Å². The van der Waals surface area contributed by atoms with Crippen LogP contribution >= 0.6 is 24.8 Å². The van der Waals surface area contributed by atoms with Crippen molar-refractivity contribution in [2.45, 2.75) is 18.9 Å². The zero-order valence-corrected chi connectivity index (χ0v) is 12.9. The van der Waals surface area contributed by atoms with Gasteiger partial charge in [0.2, 0.25) is 0 Å². The molecule has 0 aromatic carbocycles. The van der Waals surface area contributed by atoms with Crippen LogP contribution < -0.4 is 10.2 Å². The lowest BCUT2D eigenvalue weighted by Crippen LogP contribution is -2.65. The average Bonchev–Trinajstić information content (AvgIpc) is 3.04. The largest absolute Gasteiger partial charge is 0.354 e. The van der Waals surface area contributed by atoms with E-state index in [1.165, 1.54) is 6.42 Å². The number of H-pyrrole nitrogens is 1. The molecule has 2 aromatic rings. The Morgan fingerprint density at radius 1 is 1.35 bits per heavy atom. The smallest absolute Gasteiger partial charge is 0.142 e. The van der Waals surface area contributed by atoms with Gasteiger partial charge in [-0.05, 0) is 18.4 Å². The molecule has 2 fully saturated rings. The number of aromatic nitrogens is 3. The zero-order valence-electron chi connectivity index (χ0n) is 11.3. The summed E-state index contributed by atoms with van der Waals surface area (Å²) in [5.74, 6) is 1.84. The molecular weight excluding hydrogens is 297 g/mol. The van der Waals surface area contributed by atoms with Gasteiger partial charge in [0, 0.05) is 31.4 Å². The summed E-state index contributed by atoms with van der Waals surface area (Å²) in [6.07, 6.45) is 4.79. The van der Waals surface area contributed by atoms with Crippen molar-refractivity contribution in [3.05, 3.63) is 18.6 Å². The Labute approximate surface area is 130 Å². The van der Waals surface area contributed by atoms with Crippen LogP contribution in [0.25, 0.3) is 11.0 Å². The van der Waals surface area contributed by atoms with E-state index in [1.54, 1.807) is 6.33 Å². The van der Waals surface area contributed by atoms with Gasteiger partial charge in [-0.2, -0.15) is 0 Å². The Hall–Kier alpha value is -1.04. The lowest BCUT2D eigenvalue weighted by molar-refractivity contribution is 0.138. The molecule has 2 aliphatic rings. The average molecular weight is 316 g/mol. The van der Waals surface area contributed by atoms with Crippen molar-refractivity contribution < 1.29 is 0 Å². The topological polar surface area (TPSA) is 56.8 Å². The number of anilines is 1. The van der Waals surface area contributed by atoms with Crippen LogP contribution in [0.1, 0.15) is 13.3 Å². The van der Waals surface area contributed by atoms with Crippen LogP contribution in [0.5, 0.6) is 0 Å². The minimum Gasteiger partial charge on any atom is -0.354 e. The third kappa shape index (κ3) is 2.05. The van der Waals surface area contributed by atoms with E-state index in [1.807, 2.05) is 6.20 Å². The normalized spacial score (nSPS) is 28.1. The molecule has 4 rings (SSSR count). The highest BCUT2D eigenvalue weighted by molar-refractivity contribution is 5.87. The van der Waals surface area contributed by atoms with E-state index < -0.39 is 0 Å². The Morgan fingerprint density at radius 2 is 2.20 bits per heavy atom. The van der Waals surface area contributed by atoms with Crippen LogP contribution in [0.4, 0.5) is 5.82 Å². The number of nitrogens with zero attached hydrogens (tertiary/aromatic N) is 3. The van der Waals surface area contributed by atoms with Gasteiger partial charge in [0.1, 0.15) is 17.8 Å². The molecule has 5 nitrogen and oxygen atoms in total. The summed E-state index contributed by atoms with van der Waals surface area (Å²) in [5.41, 5.74) is 1.25. The number of halogens is 2. The highest BCUT2D eigenvalue weighted by Crippen LogP contribution is 2.37. The van der Waals surface area contributed by atoms with Gasteiger partial charge in [-0.3, -0.25) is 0 Å². The second-order valence-electron chi connectivity index (χ2n) is 5.55. The Morgan fingerprint density at radius 3 is 2.85 bits per heavy atom. The first-order valence-corrected chi connectivity index (χ1v) is 6.57. The lowest BCUT2D eigenvalue weighted by atomic mass is 9.77. The summed E-state index contributed by atoms with van der Waals surface area (Å²) in [7, 11) is 0. The van der Waals surface area contributed by atoms with Crippen LogP contribution in [0.2, 0.25) is 0 Å². The third-order valence-corrected chi connectivity index (χ3v) is 4.64. The molecule has 0 aliphatic carbocycles. The van der Waals surface area contributed by atoms with Gasteiger partial charge in [-0.1, -0.05) is 6.92 Å². The highest BCUT2D eigenvalue weighted by Gasteiger charge is 2.48. The van der Waals surface area contributed by atoms with E-state index in [4.69, 9.17) is 0 Å². The van der Waals surface area contributed by atoms with Gasteiger partial charge in [0.15, 0.2) is 0 Å². The molecule has 2 atom stereocenters. The Bertz CT molecular complexity index is 601. The standard InChI is InChI=1S/C13H17N5.2ClH/c1-9-6-17-13(9)3-5-18(7-13)12-10-2-4-14-11(10)15-8-16-12;;/h2,4,8-9,17H,3,5-7H2,1H3,(H,14,15,16);2*1H. The summed E-state index contributed by atoms with van der Waals surface area (Å²) in [5, 5.41) is 4.75. The fourth-order valence-electron chi connectivity index (χ4n) is 3.27. The SMILES string of the molecule is CC1CNC12CCN(c1ncnc3[nH]ccc13)C2.Cl.Cl. The molecule has 110 valence electrons. The van der Waals surface area contributed by atoms with E-state index in [2.05, 4.69) is 38.2 Å². The van der Waals surface area contributed by atoms with Gasteiger partial charge < -0.3 is 15.2 Å². The lowest BCUT2D eigenvalue weighted by Gasteiger charge is -2.46. The first kappa shape index (κ1) is 15.4. The maximum atomic E-state index is 4.48. The quantitative estimate of drug-likeness (QED) is 0.845. The number of rotatable bonds is 1. The molecule has 0 saturated carbocycles. The fourth-order valence-corrected chi connectivity index (χ4v) is 3.27. The molecule has 1 spiro atoms. The first-order chi connectivity index (χ1) is 8.78. The van der Waals surface area contributed by atoms with Gasteiger partial charge >= 0.3 is 0 Å². The minimum atomic E-state index is 0. The predicted octanol–water partition coefficient (Wildman–Crippen LogP) is 1.99. The molecule has 7 heteroatoms. The fraction of sp³-hybridized carbons (Fsp3) is 0.538. The Kier molecular flexibility index (Phi) is 4.14. The summed E-state index contributed by atoms with van der Waals surface area (Å²) >= 11 is 0. The van der Waals surface area contributed by atoms with E-state index in [9.17, 15) is 0 Å². The van der Waals surface area contributed by atoms with Crippen molar-refractivity contribution in [1.82, 2.24) is 20.3 Å². The third-order valence-electron chi connectivity index (χ3n) is 4.64. The van der Waals surface area contributed by atoms with Crippen LogP contribution in [0.3, 0.4) is 0 Å². The number of aromatic amines is 1. The van der Waals surface area contributed by atoms with Crippen LogP contribution in [0.15, 0.2) is 18.6 Å². The molecule has 0 amide bonds. The van der Waals surface area contributed by atoms with Crippen LogP contribution in [0, 0.1) is 5.92 Å². The monoisotopic (exact) mass is 315 g/mol. The van der Waals surface area contributed by atoms with Crippen LogP contribution in [-0.2, 0) is 0 Å². The second kappa shape index (κ2) is 5.39. The van der Waals surface area contributed by atoms with Gasteiger partial charge in [-0.15, -0.1) is 24.8 Å². The molecule has 0 bridgehead atoms. The molecule has 2 N–H and O–H groups in total. The molecule has 2 unspecified atom stereocenters. The number of hydrogen-bond acceptors (Lipinski definition) is 4. The summed E-state index contributed by atoms with van der Waals surface area (Å²) < 4.78 is 0. The number of nitrogens with one attached hydrogen (secondary N) is 2. The van der Waals surface area contributed by atoms with Crippen molar-refractivity contribution in [2.75, 3.05) is 24.5 Å². The molecule has 4 heterocycles. The second-order valence-corrected chi connectivity index (χ2v) is 5.55. The predicted molar refractivity (Wildman–Crippen MR) is 85.1 cm³/mol. The highest BCUT2D eigenvalue weighted by atomic mass is 35.5. The van der Waals surface area contributed by atoms with Gasteiger partial charge in [0.25, 0.3) is 0 Å². The molecule has 20 heavy (non-hydrogen) atoms. The van der Waals surface area contributed by atoms with Crippen molar-refractivity contribution in [2.24, 2.45) is 5.92 Å². The molecular formula is C13H19Cl2N5. The van der Waals surface area contributed by atoms with E-state index >= 15 is 0 Å². The molecule has 2 aliphatic heterocycles. The number of fused-ring (bicyclic) bond motifs is 1. The van der Waals surface area contributed by atoms with Crippen molar-refractivity contribution >= 4 is 41.7 Å². The molecule has 0 radical (unpaired) electrons. The van der Waals surface area contributed by atoms with E-state index in [-0.39, 0.29) is 24.8 Å². The van der Waals surface area contributed by atoms with Gasteiger partial charge in [0.05, 0.1) is 5.39 Å². The summed E-state index contributed by atoms with van der Waals surface area (Å²) in [4.78, 5) is 14.3. The van der Waals surface area contributed by atoms with Crippen molar-refractivity contribution in [1.29, 1.82) is 0 Å².